The quantitative estimate of drug-likeness (QED) is 0.511. The van der Waals surface area contributed by atoms with Crippen molar-refractivity contribution < 1.29 is 9.47 Å². The fourth-order valence-electron chi connectivity index (χ4n) is 4.58. The van der Waals surface area contributed by atoms with E-state index < -0.39 is 0 Å². The molecule has 3 aliphatic carbocycles. The van der Waals surface area contributed by atoms with Crippen molar-refractivity contribution in [3.8, 4) is 0 Å². The molecule has 4 fully saturated rings. The van der Waals surface area contributed by atoms with Crippen LogP contribution in [0.3, 0.4) is 0 Å². The van der Waals surface area contributed by atoms with Gasteiger partial charge in [-0.25, -0.2) is 0 Å². The molecule has 4 rings (SSSR count). The lowest BCUT2D eigenvalue weighted by molar-refractivity contribution is 0.0257. The summed E-state index contributed by atoms with van der Waals surface area (Å²) in [5.41, 5.74) is 0. The molecule has 0 radical (unpaired) electrons. The summed E-state index contributed by atoms with van der Waals surface area (Å²) >= 11 is 0. The standard InChI is InChI=1S/C13H18O2/c1-2-3-14-10-5-7-4-9(10)12-8(7)6-11-13(12)15-11/h2-3,7-13H,4-6H2,1H3/b3-2+/t7-,8?,9+,10+,11?,12?,13?/m0/s1. The van der Waals surface area contributed by atoms with Crippen LogP contribution in [0.4, 0.5) is 0 Å². The van der Waals surface area contributed by atoms with Crippen LogP contribution in [0.5, 0.6) is 0 Å². The zero-order chi connectivity index (χ0) is 9.99. The first kappa shape index (κ1) is 8.63. The summed E-state index contributed by atoms with van der Waals surface area (Å²) in [5.74, 6) is 3.59. The van der Waals surface area contributed by atoms with Crippen LogP contribution in [0.15, 0.2) is 12.3 Å². The minimum atomic E-state index is 0.496. The van der Waals surface area contributed by atoms with E-state index in [1.807, 2.05) is 19.3 Å². The highest BCUT2D eigenvalue weighted by Gasteiger charge is 2.66. The van der Waals surface area contributed by atoms with Gasteiger partial charge in [0, 0.05) is 5.92 Å². The van der Waals surface area contributed by atoms with Crippen LogP contribution in [0.2, 0.25) is 0 Å². The first-order valence-corrected chi connectivity index (χ1v) is 6.30. The Bertz CT molecular complexity index is 312. The maximum Gasteiger partial charge on any atom is 0.101 e. The molecule has 2 heteroatoms. The number of allylic oxidation sites excluding steroid dienone is 1. The van der Waals surface area contributed by atoms with E-state index in [1.54, 1.807) is 0 Å². The summed E-state index contributed by atoms with van der Waals surface area (Å²) in [7, 11) is 0. The molecule has 82 valence electrons. The molecule has 1 heterocycles. The largest absolute Gasteiger partial charge is 0.498 e. The molecule has 15 heavy (non-hydrogen) atoms. The van der Waals surface area contributed by atoms with Gasteiger partial charge >= 0.3 is 0 Å². The Morgan fingerprint density at radius 2 is 2.13 bits per heavy atom. The average molecular weight is 206 g/mol. The van der Waals surface area contributed by atoms with Crippen LogP contribution in [0.25, 0.3) is 0 Å². The lowest BCUT2D eigenvalue weighted by Gasteiger charge is -2.31. The second-order valence-electron chi connectivity index (χ2n) is 5.66. The molecule has 2 nitrogen and oxygen atoms in total. The SMILES string of the molecule is C/C=C/O[C@@H]1C[C@@H]2C[C@H]1C1C3OC3CC12. The fraction of sp³-hybridized carbons (Fsp3) is 0.846. The van der Waals surface area contributed by atoms with Gasteiger partial charge in [-0.15, -0.1) is 0 Å². The van der Waals surface area contributed by atoms with Crippen molar-refractivity contribution in [1.82, 2.24) is 0 Å². The Labute approximate surface area is 90.6 Å². The van der Waals surface area contributed by atoms with E-state index in [4.69, 9.17) is 9.47 Å². The predicted molar refractivity (Wildman–Crippen MR) is 56.2 cm³/mol. The van der Waals surface area contributed by atoms with Crippen molar-refractivity contribution in [2.75, 3.05) is 0 Å². The van der Waals surface area contributed by atoms with Gasteiger partial charge in [0.05, 0.1) is 18.5 Å². The highest BCUT2D eigenvalue weighted by Crippen LogP contribution is 2.64. The van der Waals surface area contributed by atoms with Crippen molar-refractivity contribution in [2.24, 2.45) is 23.7 Å². The lowest BCUT2D eigenvalue weighted by Crippen LogP contribution is -2.32. The van der Waals surface area contributed by atoms with E-state index in [0.717, 1.165) is 23.7 Å². The minimum Gasteiger partial charge on any atom is -0.498 e. The Hall–Kier alpha value is -0.500. The van der Waals surface area contributed by atoms with Crippen molar-refractivity contribution >= 4 is 0 Å². The van der Waals surface area contributed by atoms with Crippen LogP contribution in [-0.4, -0.2) is 18.3 Å². The van der Waals surface area contributed by atoms with Crippen LogP contribution >= 0.6 is 0 Å². The Balaban J connectivity index is 1.54. The summed E-state index contributed by atoms with van der Waals surface area (Å²) in [6.07, 6.45) is 9.70. The van der Waals surface area contributed by atoms with Crippen LogP contribution < -0.4 is 0 Å². The van der Waals surface area contributed by atoms with E-state index in [0.29, 0.717) is 18.3 Å². The second-order valence-corrected chi connectivity index (χ2v) is 5.66. The summed E-state index contributed by atoms with van der Waals surface area (Å²) in [4.78, 5) is 0. The molecule has 3 saturated carbocycles. The van der Waals surface area contributed by atoms with E-state index in [1.165, 1.54) is 19.3 Å². The first-order chi connectivity index (χ1) is 7.38. The van der Waals surface area contributed by atoms with Gasteiger partial charge in [0.15, 0.2) is 0 Å². The van der Waals surface area contributed by atoms with E-state index in [-0.39, 0.29) is 0 Å². The first-order valence-electron chi connectivity index (χ1n) is 6.30. The molecule has 1 aliphatic heterocycles. The van der Waals surface area contributed by atoms with Crippen molar-refractivity contribution in [3.63, 3.8) is 0 Å². The molecule has 4 unspecified atom stereocenters. The maximum atomic E-state index is 5.82. The van der Waals surface area contributed by atoms with Crippen molar-refractivity contribution in [3.05, 3.63) is 12.3 Å². The van der Waals surface area contributed by atoms with Gasteiger partial charge in [0.1, 0.15) is 6.10 Å². The third-order valence-corrected chi connectivity index (χ3v) is 5.08. The molecule has 1 saturated heterocycles. The minimum absolute atomic E-state index is 0.496. The van der Waals surface area contributed by atoms with Gasteiger partial charge in [-0.3, -0.25) is 0 Å². The van der Waals surface area contributed by atoms with Crippen LogP contribution in [0.1, 0.15) is 26.2 Å². The summed E-state index contributed by atoms with van der Waals surface area (Å²) < 4.78 is 11.5. The number of ether oxygens (including phenoxy) is 2. The van der Waals surface area contributed by atoms with Gasteiger partial charge in [0.2, 0.25) is 0 Å². The summed E-state index contributed by atoms with van der Waals surface area (Å²) in [6.45, 7) is 2.02. The molecule has 0 amide bonds. The third kappa shape index (κ3) is 1.04. The van der Waals surface area contributed by atoms with Gasteiger partial charge in [0.25, 0.3) is 0 Å². The Morgan fingerprint density at radius 1 is 1.20 bits per heavy atom. The maximum absolute atomic E-state index is 5.82. The average Bonchev–Trinajstić information content (AvgIpc) is 2.65. The number of hydrogen-bond donors (Lipinski definition) is 0. The summed E-state index contributed by atoms with van der Waals surface area (Å²) in [6, 6.07) is 0. The zero-order valence-corrected chi connectivity index (χ0v) is 9.13. The molecule has 2 bridgehead atoms. The van der Waals surface area contributed by atoms with Crippen LogP contribution in [0, 0.1) is 23.7 Å². The molecular weight excluding hydrogens is 188 g/mol. The smallest absolute Gasteiger partial charge is 0.101 e. The molecule has 0 spiro atoms. The van der Waals surface area contributed by atoms with E-state index in [9.17, 15) is 0 Å². The molecule has 0 N–H and O–H groups in total. The van der Waals surface area contributed by atoms with Gasteiger partial charge in [-0.05, 0) is 43.9 Å². The normalized spacial score (nSPS) is 59.7. The number of fused-ring (bicyclic) bond motifs is 7. The fourth-order valence-corrected chi connectivity index (χ4v) is 4.58. The van der Waals surface area contributed by atoms with Crippen molar-refractivity contribution in [1.29, 1.82) is 0 Å². The zero-order valence-electron chi connectivity index (χ0n) is 9.13. The molecule has 0 aromatic carbocycles. The molecule has 4 aliphatic rings. The van der Waals surface area contributed by atoms with Gasteiger partial charge in [-0.1, -0.05) is 6.08 Å². The van der Waals surface area contributed by atoms with Gasteiger partial charge < -0.3 is 9.47 Å². The van der Waals surface area contributed by atoms with Crippen molar-refractivity contribution in [2.45, 2.75) is 44.5 Å². The highest BCUT2D eigenvalue weighted by molar-refractivity contribution is 5.14. The Kier molecular flexibility index (Phi) is 1.60. The number of rotatable bonds is 2. The van der Waals surface area contributed by atoms with E-state index in [2.05, 4.69) is 0 Å². The summed E-state index contributed by atoms with van der Waals surface area (Å²) in [5, 5.41) is 0. The topological polar surface area (TPSA) is 21.8 Å². The number of hydrogen-bond acceptors (Lipinski definition) is 2. The van der Waals surface area contributed by atoms with E-state index >= 15 is 0 Å². The van der Waals surface area contributed by atoms with Gasteiger partial charge in [-0.2, -0.15) is 0 Å². The molecule has 0 aromatic heterocycles. The highest BCUT2D eigenvalue weighted by atomic mass is 16.6. The lowest BCUT2D eigenvalue weighted by atomic mass is 9.79. The van der Waals surface area contributed by atoms with Crippen LogP contribution in [-0.2, 0) is 9.47 Å². The third-order valence-electron chi connectivity index (χ3n) is 5.08. The molecule has 7 atom stereocenters. The second kappa shape index (κ2) is 2.79. The molecule has 0 aromatic rings. The predicted octanol–water partition coefficient (Wildman–Crippen LogP) is 2.35. The monoisotopic (exact) mass is 206 g/mol. The molecular formula is C13H18O2. The Morgan fingerprint density at radius 3 is 3.00 bits per heavy atom. The number of epoxide rings is 1.